The van der Waals surface area contributed by atoms with E-state index in [0.29, 0.717) is 0 Å². The summed E-state index contributed by atoms with van der Waals surface area (Å²) in [6, 6.07) is 14.8. The van der Waals surface area contributed by atoms with Gasteiger partial charge >= 0.3 is 0 Å². The molecule has 0 fully saturated rings. The van der Waals surface area contributed by atoms with Crippen molar-refractivity contribution in [2.24, 2.45) is 0 Å². The Morgan fingerprint density at radius 1 is 1.04 bits per heavy atom. The van der Waals surface area contributed by atoms with Crippen molar-refractivity contribution >= 4 is 12.0 Å². The minimum absolute atomic E-state index is 0.0207. The van der Waals surface area contributed by atoms with Gasteiger partial charge in [0.25, 0.3) is 0 Å². The first-order chi connectivity index (χ1) is 11.6. The first kappa shape index (κ1) is 16.5. The third-order valence-corrected chi connectivity index (χ3v) is 4.74. The summed E-state index contributed by atoms with van der Waals surface area (Å²) in [7, 11) is 0. The second-order valence-corrected chi connectivity index (χ2v) is 6.71. The fourth-order valence-electron chi connectivity index (χ4n) is 3.22. The molecule has 0 saturated carbocycles. The van der Waals surface area contributed by atoms with Gasteiger partial charge in [0.05, 0.1) is 6.04 Å². The summed E-state index contributed by atoms with van der Waals surface area (Å²) in [5, 5.41) is 3.06. The van der Waals surface area contributed by atoms with Crippen molar-refractivity contribution in [1.82, 2.24) is 5.32 Å². The van der Waals surface area contributed by atoms with Crippen LogP contribution >= 0.6 is 0 Å². The van der Waals surface area contributed by atoms with Crippen LogP contribution in [0.1, 0.15) is 53.6 Å². The van der Waals surface area contributed by atoms with E-state index < -0.39 is 0 Å². The molecule has 0 bridgehead atoms. The van der Waals surface area contributed by atoms with Gasteiger partial charge in [0, 0.05) is 6.08 Å². The maximum Gasteiger partial charge on any atom is 0.244 e. The quantitative estimate of drug-likeness (QED) is 0.809. The van der Waals surface area contributed by atoms with Crippen molar-refractivity contribution in [3.05, 3.63) is 76.4 Å². The number of aryl methyl sites for hydroxylation is 3. The number of fused-ring (bicyclic) bond motifs is 1. The Kier molecular flexibility index (Phi) is 5.14. The lowest BCUT2D eigenvalue weighted by atomic mass is 9.89. The fraction of sp³-hybridized carbons (Fsp3) is 0.318. The first-order valence-corrected chi connectivity index (χ1v) is 8.79. The standard InChI is InChI=1S/C22H25NO/c1-16-7-9-18(10-8-16)11-14-22(24)23-17(2)20-13-12-19-5-3-4-6-21(19)15-20/h7-15,17H,3-6H2,1-2H3,(H,23,24)/b14-11+/t17-/m0/s1. The fourth-order valence-corrected chi connectivity index (χ4v) is 3.22. The number of nitrogens with one attached hydrogen (secondary N) is 1. The van der Waals surface area contributed by atoms with Gasteiger partial charge in [-0.2, -0.15) is 0 Å². The van der Waals surface area contributed by atoms with Gasteiger partial charge in [-0.05, 0) is 67.9 Å². The van der Waals surface area contributed by atoms with Crippen molar-refractivity contribution in [3.8, 4) is 0 Å². The number of carbonyl (C=O) groups is 1. The van der Waals surface area contributed by atoms with Crippen molar-refractivity contribution in [2.45, 2.75) is 45.6 Å². The van der Waals surface area contributed by atoms with E-state index >= 15 is 0 Å². The number of benzene rings is 2. The van der Waals surface area contributed by atoms with E-state index in [1.165, 1.54) is 41.5 Å². The van der Waals surface area contributed by atoms with E-state index in [2.05, 4.69) is 30.4 Å². The predicted octanol–water partition coefficient (Wildman–Crippen LogP) is 4.76. The molecule has 2 aromatic carbocycles. The molecule has 1 aliphatic carbocycles. The monoisotopic (exact) mass is 319 g/mol. The van der Waals surface area contributed by atoms with E-state index in [9.17, 15) is 4.79 Å². The lowest BCUT2D eigenvalue weighted by Gasteiger charge is -2.19. The highest BCUT2D eigenvalue weighted by molar-refractivity contribution is 5.91. The zero-order chi connectivity index (χ0) is 16.9. The molecule has 0 heterocycles. The molecule has 1 aliphatic rings. The van der Waals surface area contributed by atoms with Crippen molar-refractivity contribution in [1.29, 1.82) is 0 Å². The zero-order valence-corrected chi connectivity index (χ0v) is 14.5. The van der Waals surface area contributed by atoms with Crippen molar-refractivity contribution in [2.75, 3.05) is 0 Å². The molecule has 2 aromatic rings. The average Bonchev–Trinajstić information content (AvgIpc) is 2.61. The van der Waals surface area contributed by atoms with Crippen LogP contribution in [0.15, 0.2) is 48.5 Å². The van der Waals surface area contributed by atoms with Gasteiger partial charge in [0.15, 0.2) is 0 Å². The van der Waals surface area contributed by atoms with Gasteiger partial charge < -0.3 is 5.32 Å². The lowest BCUT2D eigenvalue weighted by Crippen LogP contribution is -2.24. The maximum atomic E-state index is 12.2. The van der Waals surface area contributed by atoms with Gasteiger partial charge in [0.1, 0.15) is 0 Å². The van der Waals surface area contributed by atoms with Crippen LogP contribution in [0.25, 0.3) is 6.08 Å². The highest BCUT2D eigenvalue weighted by atomic mass is 16.1. The van der Waals surface area contributed by atoms with Gasteiger partial charge in [0.2, 0.25) is 5.91 Å². The number of hydrogen-bond donors (Lipinski definition) is 1. The molecule has 2 nitrogen and oxygen atoms in total. The summed E-state index contributed by atoms with van der Waals surface area (Å²) in [5.41, 5.74) is 6.38. The van der Waals surface area contributed by atoms with Crippen LogP contribution in [-0.2, 0) is 17.6 Å². The SMILES string of the molecule is Cc1ccc(/C=C/C(=O)N[C@@H](C)c2ccc3c(c2)CCCC3)cc1. The summed E-state index contributed by atoms with van der Waals surface area (Å²) in [5.74, 6) is -0.0548. The summed E-state index contributed by atoms with van der Waals surface area (Å²) in [4.78, 5) is 12.2. The largest absolute Gasteiger partial charge is 0.346 e. The maximum absolute atomic E-state index is 12.2. The highest BCUT2D eigenvalue weighted by Gasteiger charge is 2.13. The van der Waals surface area contributed by atoms with Crippen LogP contribution in [0.5, 0.6) is 0 Å². The van der Waals surface area contributed by atoms with Crippen LogP contribution in [0.2, 0.25) is 0 Å². The van der Waals surface area contributed by atoms with Gasteiger partial charge in [-0.3, -0.25) is 4.79 Å². The molecule has 0 unspecified atom stereocenters. The van der Waals surface area contributed by atoms with E-state index in [1.54, 1.807) is 6.08 Å². The van der Waals surface area contributed by atoms with E-state index in [0.717, 1.165) is 12.0 Å². The molecule has 3 rings (SSSR count). The smallest absolute Gasteiger partial charge is 0.244 e. The number of rotatable bonds is 4. The Morgan fingerprint density at radius 2 is 1.75 bits per heavy atom. The molecule has 24 heavy (non-hydrogen) atoms. The summed E-state index contributed by atoms with van der Waals surface area (Å²) in [6.07, 6.45) is 8.39. The van der Waals surface area contributed by atoms with Crippen LogP contribution in [-0.4, -0.2) is 5.91 Å². The van der Waals surface area contributed by atoms with Crippen LogP contribution < -0.4 is 5.32 Å². The topological polar surface area (TPSA) is 29.1 Å². The van der Waals surface area contributed by atoms with Gasteiger partial charge in [-0.25, -0.2) is 0 Å². The molecule has 0 aromatic heterocycles. The molecule has 0 aliphatic heterocycles. The average molecular weight is 319 g/mol. The Hall–Kier alpha value is -2.35. The Balaban J connectivity index is 1.62. The van der Waals surface area contributed by atoms with E-state index in [4.69, 9.17) is 0 Å². The molecule has 1 N–H and O–H groups in total. The second kappa shape index (κ2) is 7.48. The van der Waals surface area contributed by atoms with Gasteiger partial charge in [-0.15, -0.1) is 0 Å². The molecular weight excluding hydrogens is 294 g/mol. The minimum atomic E-state index is -0.0548. The van der Waals surface area contributed by atoms with E-state index in [1.807, 2.05) is 37.3 Å². The number of carbonyl (C=O) groups excluding carboxylic acids is 1. The summed E-state index contributed by atoms with van der Waals surface area (Å²) < 4.78 is 0. The van der Waals surface area contributed by atoms with E-state index in [-0.39, 0.29) is 11.9 Å². The molecule has 0 radical (unpaired) electrons. The number of amides is 1. The highest BCUT2D eigenvalue weighted by Crippen LogP contribution is 2.24. The third kappa shape index (κ3) is 4.14. The zero-order valence-electron chi connectivity index (χ0n) is 14.5. The predicted molar refractivity (Wildman–Crippen MR) is 99.9 cm³/mol. The Bertz CT molecular complexity index is 743. The van der Waals surface area contributed by atoms with Crippen LogP contribution in [0.3, 0.4) is 0 Å². The number of hydrogen-bond acceptors (Lipinski definition) is 1. The van der Waals surface area contributed by atoms with Crippen LogP contribution in [0, 0.1) is 6.92 Å². The molecule has 0 saturated heterocycles. The lowest BCUT2D eigenvalue weighted by molar-refractivity contribution is -0.117. The molecule has 0 spiro atoms. The molecule has 2 heteroatoms. The van der Waals surface area contributed by atoms with Crippen molar-refractivity contribution in [3.63, 3.8) is 0 Å². The molecular formula is C22H25NO. The minimum Gasteiger partial charge on any atom is -0.346 e. The second-order valence-electron chi connectivity index (χ2n) is 6.71. The molecule has 1 atom stereocenters. The van der Waals surface area contributed by atoms with Crippen LogP contribution in [0.4, 0.5) is 0 Å². The van der Waals surface area contributed by atoms with Gasteiger partial charge in [-0.1, -0.05) is 48.0 Å². The summed E-state index contributed by atoms with van der Waals surface area (Å²) >= 11 is 0. The van der Waals surface area contributed by atoms with Crippen molar-refractivity contribution < 1.29 is 4.79 Å². The molecule has 124 valence electrons. The Morgan fingerprint density at radius 3 is 2.50 bits per heavy atom. The normalized spacial score (nSPS) is 15.1. The third-order valence-electron chi connectivity index (χ3n) is 4.74. The molecule has 1 amide bonds. The first-order valence-electron chi connectivity index (χ1n) is 8.79. The summed E-state index contributed by atoms with van der Waals surface area (Å²) in [6.45, 7) is 4.10. The Labute approximate surface area is 144 Å².